The minimum atomic E-state index is -0.767. The van der Waals surface area contributed by atoms with E-state index in [-0.39, 0.29) is 6.61 Å². The molecular weight excluding hydrogens is 276 g/mol. The summed E-state index contributed by atoms with van der Waals surface area (Å²) in [7, 11) is 0. The fraction of sp³-hybridized carbons (Fsp3) is 1.00. The lowest BCUT2D eigenvalue weighted by molar-refractivity contribution is 0.0380. The highest BCUT2D eigenvalue weighted by Crippen LogP contribution is 2.14. The van der Waals surface area contributed by atoms with E-state index in [9.17, 15) is 10.2 Å². The van der Waals surface area contributed by atoms with Crippen LogP contribution in [0.4, 0.5) is 0 Å². The summed E-state index contributed by atoms with van der Waals surface area (Å²) in [6.45, 7) is 2.01. The molecule has 0 bridgehead atoms. The van der Waals surface area contributed by atoms with Gasteiger partial charge in [-0.15, -0.1) is 0 Å². The van der Waals surface area contributed by atoms with Gasteiger partial charge in [-0.1, -0.05) is 90.4 Å². The normalized spacial score (nSPS) is 14.2. The van der Waals surface area contributed by atoms with Gasteiger partial charge in [0.15, 0.2) is 0 Å². The first-order valence-electron chi connectivity index (χ1n) is 9.67. The number of aliphatic hydroxyl groups excluding tert-OH is 3. The Bertz CT molecular complexity index is 209. The fourth-order valence-corrected chi connectivity index (χ4v) is 2.90. The molecule has 0 radical (unpaired) electrons. The second-order valence-electron chi connectivity index (χ2n) is 6.76. The summed E-state index contributed by atoms with van der Waals surface area (Å²) in [5.74, 6) is 0. The van der Waals surface area contributed by atoms with Crippen molar-refractivity contribution in [2.24, 2.45) is 0 Å². The Morgan fingerprint density at radius 1 is 0.591 bits per heavy atom. The third kappa shape index (κ3) is 16.3. The molecule has 0 aliphatic heterocycles. The minimum Gasteiger partial charge on any atom is -0.394 e. The van der Waals surface area contributed by atoms with E-state index in [1.807, 2.05) is 0 Å². The van der Waals surface area contributed by atoms with Gasteiger partial charge in [-0.2, -0.15) is 0 Å². The van der Waals surface area contributed by atoms with Crippen molar-refractivity contribution in [1.82, 2.24) is 0 Å². The maximum atomic E-state index is 9.66. The van der Waals surface area contributed by atoms with E-state index in [0.717, 1.165) is 12.8 Å². The van der Waals surface area contributed by atoms with Crippen molar-refractivity contribution < 1.29 is 15.3 Å². The van der Waals surface area contributed by atoms with Gasteiger partial charge in [-0.05, 0) is 6.42 Å². The van der Waals surface area contributed by atoms with Crippen LogP contribution in [0.3, 0.4) is 0 Å². The van der Waals surface area contributed by atoms with Crippen LogP contribution in [0.25, 0.3) is 0 Å². The molecule has 0 saturated carbocycles. The Hall–Kier alpha value is -0.120. The lowest BCUT2D eigenvalue weighted by atomic mass is 10.0. The first kappa shape index (κ1) is 21.9. The van der Waals surface area contributed by atoms with Crippen LogP contribution >= 0.6 is 0 Å². The van der Waals surface area contributed by atoms with E-state index < -0.39 is 12.2 Å². The summed E-state index contributed by atoms with van der Waals surface area (Å²) in [6, 6.07) is 0. The third-order valence-electron chi connectivity index (χ3n) is 4.40. The SMILES string of the molecule is CCCCCCCCCCCCCCC[C@@H](O)C[C@H](O)CO. The monoisotopic (exact) mass is 316 g/mol. The Balaban J connectivity index is 3.11. The lowest BCUT2D eigenvalue weighted by Gasteiger charge is -2.13. The largest absolute Gasteiger partial charge is 0.394 e. The molecule has 0 aliphatic rings. The van der Waals surface area contributed by atoms with E-state index in [1.54, 1.807) is 0 Å². The predicted molar refractivity (Wildman–Crippen MR) is 94.0 cm³/mol. The maximum absolute atomic E-state index is 9.66. The molecule has 0 aromatic heterocycles. The van der Waals surface area contributed by atoms with E-state index in [2.05, 4.69) is 6.92 Å². The van der Waals surface area contributed by atoms with Crippen LogP contribution in [0, 0.1) is 0 Å². The van der Waals surface area contributed by atoms with Crippen molar-refractivity contribution in [2.45, 2.75) is 115 Å². The number of hydrogen-bond acceptors (Lipinski definition) is 3. The highest BCUT2D eigenvalue weighted by molar-refractivity contribution is 4.62. The Labute approximate surface area is 138 Å². The molecule has 3 heteroatoms. The lowest BCUT2D eigenvalue weighted by Crippen LogP contribution is -2.20. The van der Waals surface area contributed by atoms with Crippen LogP contribution in [0.2, 0.25) is 0 Å². The van der Waals surface area contributed by atoms with E-state index in [4.69, 9.17) is 5.11 Å². The molecule has 0 aliphatic carbocycles. The van der Waals surface area contributed by atoms with Crippen molar-refractivity contribution in [2.75, 3.05) is 6.61 Å². The van der Waals surface area contributed by atoms with Crippen LogP contribution in [0.5, 0.6) is 0 Å². The van der Waals surface area contributed by atoms with Crippen molar-refractivity contribution >= 4 is 0 Å². The molecule has 3 nitrogen and oxygen atoms in total. The molecule has 134 valence electrons. The molecule has 0 rings (SSSR count). The minimum absolute atomic E-state index is 0.254. The van der Waals surface area contributed by atoms with Gasteiger partial charge in [0.25, 0.3) is 0 Å². The number of hydrogen-bond donors (Lipinski definition) is 3. The Morgan fingerprint density at radius 3 is 1.41 bits per heavy atom. The van der Waals surface area contributed by atoms with Gasteiger partial charge in [-0.3, -0.25) is 0 Å². The zero-order chi connectivity index (χ0) is 16.5. The summed E-state index contributed by atoms with van der Waals surface area (Å²) in [5.41, 5.74) is 0. The predicted octanol–water partition coefficient (Wildman–Crippen LogP) is 4.57. The zero-order valence-corrected chi connectivity index (χ0v) is 14.8. The molecule has 3 N–H and O–H groups in total. The van der Waals surface area contributed by atoms with Gasteiger partial charge in [0.05, 0.1) is 18.8 Å². The van der Waals surface area contributed by atoms with Gasteiger partial charge in [0.2, 0.25) is 0 Å². The quantitative estimate of drug-likeness (QED) is 0.344. The number of aliphatic hydroxyl groups is 3. The number of unbranched alkanes of at least 4 members (excludes halogenated alkanes) is 12. The summed E-state index contributed by atoms with van der Waals surface area (Å²) in [4.78, 5) is 0. The van der Waals surface area contributed by atoms with Gasteiger partial charge in [-0.25, -0.2) is 0 Å². The van der Waals surface area contributed by atoms with Crippen molar-refractivity contribution in [3.8, 4) is 0 Å². The topological polar surface area (TPSA) is 60.7 Å². The van der Waals surface area contributed by atoms with Gasteiger partial charge >= 0.3 is 0 Å². The molecule has 0 heterocycles. The molecule has 0 fully saturated rings. The molecule has 0 amide bonds. The van der Waals surface area contributed by atoms with E-state index >= 15 is 0 Å². The third-order valence-corrected chi connectivity index (χ3v) is 4.40. The summed E-state index contributed by atoms with van der Waals surface area (Å²) >= 11 is 0. The van der Waals surface area contributed by atoms with E-state index in [1.165, 1.54) is 77.0 Å². The van der Waals surface area contributed by atoms with Crippen molar-refractivity contribution in [3.05, 3.63) is 0 Å². The van der Waals surface area contributed by atoms with Crippen LogP contribution in [0.1, 0.15) is 103 Å². The highest BCUT2D eigenvalue weighted by atomic mass is 16.3. The average molecular weight is 317 g/mol. The average Bonchev–Trinajstić information content (AvgIpc) is 2.51. The van der Waals surface area contributed by atoms with Crippen molar-refractivity contribution in [1.29, 1.82) is 0 Å². The van der Waals surface area contributed by atoms with Crippen LogP contribution in [-0.4, -0.2) is 34.1 Å². The van der Waals surface area contributed by atoms with Crippen LogP contribution in [0.15, 0.2) is 0 Å². The molecule has 2 atom stereocenters. The smallest absolute Gasteiger partial charge is 0.0795 e. The Kier molecular flexibility index (Phi) is 17.1. The second-order valence-corrected chi connectivity index (χ2v) is 6.76. The molecule has 0 unspecified atom stereocenters. The second kappa shape index (κ2) is 17.2. The van der Waals surface area contributed by atoms with Gasteiger partial charge in [0.1, 0.15) is 0 Å². The van der Waals surface area contributed by atoms with Crippen molar-refractivity contribution in [3.63, 3.8) is 0 Å². The standard InChI is InChI=1S/C19H40O3/c1-2-3-4-5-6-7-8-9-10-11-12-13-14-15-18(21)16-19(22)17-20/h18-22H,2-17H2,1H3/t18-,19+/m1/s1. The first-order valence-corrected chi connectivity index (χ1v) is 9.67. The highest BCUT2D eigenvalue weighted by Gasteiger charge is 2.10. The fourth-order valence-electron chi connectivity index (χ4n) is 2.90. The summed E-state index contributed by atoms with van der Waals surface area (Å²) in [5, 5.41) is 27.6. The first-order chi connectivity index (χ1) is 10.7. The zero-order valence-electron chi connectivity index (χ0n) is 14.8. The van der Waals surface area contributed by atoms with Gasteiger partial charge in [0, 0.05) is 6.42 Å². The van der Waals surface area contributed by atoms with Gasteiger partial charge < -0.3 is 15.3 Å². The molecule has 22 heavy (non-hydrogen) atoms. The molecule has 0 aromatic rings. The summed E-state index contributed by atoms with van der Waals surface area (Å²) in [6.07, 6.45) is 17.1. The molecule has 0 saturated heterocycles. The molecule has 0 spiro atoms. The number of rotatable bonds is 17. The van der Waals surface area contributed by atoms with Crippen LogP contribution in [-0.2, 0) is 0 Å². The Morgan fingerprint density at radius 2 is 1.00 bits per heavy atom. The van der Waals surface area contributed by atoms with Crippen LogP contribution < -0.4 is 0 Å². The summed E-state index contributed by atoms with van der Waals surface area (Å²) < 4.78 is 0. The molecular formula is C19H40O3. The molecule has 0 aromatic carbocycles. The maximum Gasteiger partial charge on any atom is 0.0795 e. The van der Waals surface area contributed by atoms with E-state index in [0.29, 0.717) is 6.42 Å².